The molecule has 1 saturated heterocycles. The molecule has 2 aromatic carbocycles. The number of carbonyl (C=O) groups is 1. The Kier molecular flexibility index (Phi) is 6.48. The second-order valence-corrected chi connectivity index (χ2v) is 8.20. The van der Waals surface area contributed by atoms with Crippen LogP contribution in [-0.2, 0) is 11.3 Å². The lowest BCUT2D eigenvalue weighted by molar-refractivity contribution is -0.385. The van der Waals surface area contributed by atoms with Gasteiger partial charge >= 0.3 is 0 Å². The van der Waals surface area contributed by atoms with Crippen molar-refractivity contribution in [3.05, 3.63) is 69.1 Å². The number of likely N-dealkylation sites (tertiary alicyclic amines) is 1. The zero-order valence-electron chi connectivity index (χ0n) is 17.5. The van der Waals surface area contributed by atoms with Crippen LogP contribution in [0.15, 0.2) is 47.0 Å². The van der Waals surface area contributed by atoms with Crippen molar-refractivity contribution in [3.63, 3.8) is 0 Å². The van der Waals surface area contributed by atoms with E-state index in [2.05, 4.69) is 20.4 Å². The van der Waals surface area contributed by atoms with Crippen LogP contribution in [0.25, 0.3) is 11.4 Å². The van der Waals surface area contributed by atoms with Crippen LogP contribution in [0.1, 0.15) is 24.3 Å². The van der Waals surface area contributed by atoms with Crippen molar-refractivity contribution in [2.45, 2.75) is 26.3 Å². The number of nitro benzene ring substituents is 1. The first kappa shape index (κ1) is 21.9. The fraction of sp³-hybridized carbons (Fsp3) is 0.318. The second-order valence-electron chi connectivity index (χ2n) is 7.77. The summed E-state index contributed by atoms with van der Waals surface area (Å²) < 4.78 is 5.38. The number of hydrogen-bond donors (Lipinski definition) is 1. The fourth-order valence-corrected chi connectivity index (χ4v) is 3.99. The molecule has 1 aliphatic rings. The van der Waals surface area contributed by atoms with Crippen LogP contribution in [0.3, 0.4) is 0 Å². The largest absolute Gasteiger partial charge is 0.338 e. The zero-order valence-corrected chi connectivity index (χ0v) is 18.2. The number of hydrogen-bond acceptors (Lipinski definition) is 7. The highest BCUT2D eigenvalue weighted by Gasteiger charge is 2.27. The normalized spacial score (nSPS) is 14.9. The van der Waals surface area contributed by atoms with Gasteiger partial charge in [-0.05, 0) is 51.1 Å². The molecule has 0 unspecified atom stereocenters. The van der Waals surface area contributed by atoms with E-state index >= 15 is 0 Å². The number of halogens is 1. The molecule has 32 heavy (non-hydrogen) atoms. The maximum absolute atomic E-state index is 12.7. The van der Waals surface area contributed by atoms with Gasteiger partial charge in [0.2, 0.25) is 17.6 Å². The molecular weight excluding hydrogens is 434 g/mol. The summed E-state index contributed by atoms with van der Waals surface area (Å²) >= 11 is 6.02. The van der Waals surface area contributed by atoms with Gasteiger partial charge in [-0.25, -0.2) is 0 Å². The molecule has 9 nitrogen and oxygen atoms in total. The molecule has 0 aliphatic carbocycles. The van der Waals surface area contributed by atoms with E-state index in [0.717, 1.165) is 5.56 Å². The van der Waals surface area contributed by atoms with Crippen molar-refractivity contribution in [1.29, 1.82) is 0 Å². The Morgan fingerprint density at radius 3 is 2.75 bits per heavy atom. The highest BCUT2D eigenvalue weighted by Crippen LogP contribution is 2.27. The van der Waals surface area contributed by atoms with E-state index in [1.165, 1.54) is 6.07 Å². The van der Waals surface area contributed by atoms with Crippen LogP contribution >= 0.6 is 11.6 Å². The number of benzene rings is 2. The van der Waals surface area contributed by atoms with Gasteiger partial charge in [0.1, 0.15) is 0 Å². The van der Waals surface area contributed by atoms with Crippen molar-refractivity contribution in [1.82, 2.24) is 15.0 Å². The number of nitrogens with zero attached hydrogens (tertiary/aromatic N) is 4. The number of anilines is 1. The van der Waals surface area contributed by atoms with E-state index < -0.39 is 4.92 Å². The number of nitro groups is 1. The SMILES string of the molecule is Cc1c(NC(=O)C2CCN(Cc3nc(-c4cccc(Cl)c4)no3)CC2)cccc1[N+](=O)[O-]. The first-order chi connectivity index (χ1) is 15.4. The van der Waals surface area contributed by atoms with Crippen LogP contribution in [0.5, 0.6) is 0 Å². The summed E-state index contributed by atoms with van der Waals surface area (Å²) in [6.45, 7) is 3.56. The molecule has 0 bridgehead atoms. The molecule has 0 radical (unpaired) electrons. The van der Waals surface area contributed by atoms with Crippen molar-refractivity contribution in [2.24, 2.45) is 5.92 Å². The minimum Gasteiger partial charge on any atom is -0.338 e. The van der Waals surface area contributed by atoms with E-state index in [1.54, 1.807) is 31.2 Å². The number of rotatable bonds is 6. The van der Waals surface area contributed by atoms with E-state index in [4.69, 9.17) is 16.1 Å². The Morgan fingerprint density at radius 1 is 1.28 bits per heavy atom. The van der Waals surface area contributed by atoms with Crippen LogP contribution in [0.4, 0.5) is 11.4 Å². The third-order valence-electron chi connectivity index (χ3n) is 5.63. The molecule has 1 N–H and O–H groups in total. The van der Waals surface area contributed by atoms with Crippen LogP contribution in [0.2, 0.25) is 5.02 Å². The molecule has 1 aliphatic heterocycles. The molecule has 1 amide bonds. The molecule has 166 valence electrons. The average molecular weight is 456 g/mol. The fourth-order valence-electron chi connectivity index (χ4n) is 3.80. The van der Waals surface area contributed by atoms with Gasteiger partial charge in [-0.15, -0.1) is 0 Å². The summed E-state index contributed by atoms with van der Waals surface area (Å²) in [4.78, 5) is 30.0. The lowest BCUT2D eigenvalue weighted by Gasteiger charge is -2.30. The number of carbonyl (C=O) groups excluding carboxylic acids is 1. The van der Waals surface area contributed by atoms with Gasteiger partial charge in [-0.1, -0.05) is 35.0 Å². The minimum absolute atomic E-state index is 0.00526. The topological polar surface area (TPSA) is 114 Å². The summed E-state index contributed by atoms with van der Waals surface area (Å²) in [6.07, 6.45) is 1.35. The molecule has 1 aromatic heterocycles. The van der Waals surface area contributed by atoms with Gasteiger partial charge in [0, 0.05) is 22.6 Å². The Hall–Kier alpha value is -3.30. The van der Waals surface area contributed by atoms with Gasteiger partial charge in [0.15, 0.2) is 0 Å². The molecule has 0 saturated carbocycles. The maximum atomic E-state index is 12.7. The van der Waals surface area contributed by atoms with Gasteiger partial charge < -0.3 is 9.84 Å². The molecule has 1 fully saturated rings. The summed E-state index contributed by atoms with van der Waals surface area (Å²) in [6, 6.07) is 12.0. The quantitative estimate of drug-likeness (QED) is 0.431. The lowest BCUT2D eigenvalue weighted by atomic mass is 9.95. The first-order valence-corrected chi connectivity index (χ1v) is 10.6. The first-order valence-electron chi connectivity index (χ1n) is 10.3. The summed E-state index contributed by atoms with van der Waals surface area (Å²) in [5, 5.41) is 18.6. The monoisotopic (exact) mass is 455 g/mol. The zero-order chi connectivity index (χ0) is 22.7. The van der Waals surface area contributed by atoms with Crippen molar-refractivity contribution >= 4 is 28.9 Å². The maximum Gasteiger partial charge on any atom is 0.274 e. The number of nitrogens with one attached hydrogen (secondary N) is 1. The number of piperidine rings is 1. The summed E-state index contributed by atoms with van der Waals surface area (Å²) in [7, 11) is 0. The molecule has 2 heterocycles. The smallest absolute Gasteiger partial charge is 0.274 e. The van der Waals surface area contributed by atoms with Gasteiger partial charge in [0.05, 0.1) is 22.7 Å². The van der Waals surface area contributed by atoms with E-state index in [9.17, 15) is 14.9 Å². The summed E-state index contributed by atoms with van der Waals surface area (Å²) in [5.74, 6) is 0.725. The van der Waals surface area contributed by atoms with Crippen LogP contribution in [0, 0.1) is 23.0 Å². The molecule has 10 heteroatoms. The Balaban J connectivity index is 1.31. The average Bonchev–Trinajstić information content (AvgIpc) is 3.24. The molecule has 0 atom stereocenters. The van der Waals surface area contributed by atoms with Gasteiger partial charge in [-0.3, -0.25) is 19.8 Å². The van der Waals surface area contributed by atoms with Crippen LogP contribution < -0.4 is 5.32 Å². The molecular formula is C22H22ClN5O4. The highest BCUT2D eigenvalue weighted by atomic mass is 35.5. The third kappa shape index (κ3) is 4.95. The van der Waals surface area contributed by atoms with Crippen molar-refractivity contribution < 1.29 is 14.2 Å². The Bertz CT molecular complexity index is 1140. The predicted molar refractivity (Wildman–Crippen MR) is 119 cm³/mol. The van der Waals surface area contributed by atoms with Gasteiger partial charge in [-0.2, -0.15) is 4.98 Å². The number of amides is 1. The molecule has 0 spiro atoms. The highest BCUT2D eigenvalue weighted by molar-refractivity contribution is 6.30. The van der Waals surface area contributed by atoms with E-state index in [-0.39, 0.29) is 17.5 Å². The number of aromatic nitrogens is 2. The second kappa shape index (κ2) is 9.46. The predicted octanol–water partition coefficient (Wildman–Crippen LogP) is 4.46. The molecule has 3 aromatic rings. The Morgan fingerprint density at radius 2 is 2.03 bits per heavy atom. The lowest BCUT2D eigenvalue weighted by Crippen LogP contribution is -2.37. The minimum atomic E-state index is -0.446. The van der Waals surface area contributed by atoms with E-state index in [0.29, 0.717) is 60.5 Å². The van der Waals surface area contributed by atoms with Crippen molar-refractivity contribution in [2.75, 3.05) is 18.4 Å². The van der Waals surface area contributed by atoms with E-state index in [1.807, 2.05) is 12.1 Å². The Labute approximate surface area is 189 Å². The van der Waals surface area contributed by atoms with Gasteiger partial charge in [0.25, 0.3) is 5.69 Å². The summed E-state index contributed by atoms with van der Waals surface area (Å²) in [5.41, 5.74) is 1.72. The molecule has 4 rings (SSSR count). The third-order valence-corrected chi connectivity index (χ3v) is 5.86. The standard InChI is InChI=1S/C22H22ClN5O4/c1-14-18(6-3-7-19(14)28(30)31)24-22(29)15-8-10-27(11-9-15)13-20-25-21(26-32-20)16-4-2-5-17(23)12-16/h2-7,12,15H,8-11,13H2,1H3,(H,24,29). The van der Waals surface area contributed by atoms with Crippen LogP contribution in [-0.4, -0.2) is 39.0 Å². The van der Waals surface area contributed by atoms with Crippen molar-refractivity contribution in [3.8, 4) is 11.4 Å².